The Morgan fingerprint density at radius 2 is 1.70 bits per heavy atom. The topological polar surface area (TPSA) is 18.5 Å². The molecule has 0 saturated heterocycles. The lowest BCUT2D eigenvalue weighted by Gasteiger charge is -2.14. The van der Waals surface area contributed by atoms with E-state index in [1.807, 2.05) is 30.3 Å². The van der Waals surface area contributed by atoms with Crippen molar-refractivity contribution in [2.45, 2.75) is 18.7 Å². The van der Waals surface area contributed by atoms with E-state index in [-0.39, 0.29) is 5.38 Å². The number of rotatable bonds is 5. The number of hydrogen-bond donors (Lipinski definition) is 0. The fourth-order valence-corrected chi connectivity index (χ4v) is 2.69. The molecule has 0 aliphatic heterocycles. The minimum atomic E-state index is -0.0469. The average molecular weight is 291 g/mol. The Labute approximate surface area is 125 Å². The van der Waals surface area contributed by atoms with Gasteiger partial charge in [0, 0.05) is 0 Å². The third kappa shape index (κ3) is 3.26. The van der Waals surface area contributed by atoms with Gasteiger partial charge in [-0.05, 0) is 42.2 Å². The molecule has 0 radical (unpaired) electrons. The first-order valence-electron chi connectivity index (χ1n) is 6.56. The smallest absolute Gasteiger partial charge is 0.160 e. The monoisotopic (exact) mass is 290 g/mol. The summed E-state index contributed by atoms with van der Waals surface area (Å²) in [6.45, 7) is 2.08. The van der Waals surface area contributed by atoms with E-state index in [4.69, 9.17) is 21.1 Å². The number of ether oxygens (including phenoxy) is 2. The summed E-state index contributed by atoms with van der Waals surface area (Å²) in [5, 5.41) is -0.0469. The molecule has 2 aromatic carbocycles. The number of methoxy groups -OCH3 is 2. The largest absolute Gasteiger partial charge is 0.493 e. The van der Waals surface area contributed by atoms with Crippen molar-refractivity contribution >= 4 is 11.6 Å². The molecule has 1 unspecified atom stereocenters. The summed E-state index contributed by atoms with van der Waals surface area (Å²) in [6, 6.07) is 14.1. The maximum Gasteiger partial charge on any atom is 0.160 e. The predicted molar refractivity (Wildman–Crippen MR) is 83.0 cm³/mol. The first-order valence-corrected chi connectivity index (χ1v) is 7.00. The highest BCUT2D eigenvalue weighted by Crippen LogP contribution is 2.32. The van der Waals surface area contributed by atoms with E-state index in [0.29, 0.717) is 0 Å². The summed E-state index contributed by atoms with van der Waals surface area (Å²) >= 11 is 6.54. The highest BCUT2D eigenvalue weighted by molar-refractivity contribution is 6.21. The molecule has 2 nitrogen and oxygen atoms in total. The highest BCUT2D eigenvalue weighted by Gasteiger charge is 2.13. The number of aryl methyl sites for hydroxylation is 1. The Morgan fingerprint density at radius 3 is 2.35 bits per heavy atom. The van der Waals surface area contributed by atoms with Crippen molar-refractivity contribution in [2.75, 3.05) is 14.2 Å². The average Bonchev–Trinajstić information content (AvgIpc) is 2.47. The number of halogens is 1. The minimum Gasteiger partial charge on any atom is -0.493 e. The lowest BCUT2D eigenvalue weighted by molar-refractivity contribution is 0.354. The van der Waals surface area contributed by atoms with Crippen LogP contribution >= 0.6 is 11.6 Å². The summed E-state index contributed by atoms with van der Waals surface area (Å²) in [4.78, 5) is 0. The Morgan fingerprint density at radius 1 is 1.00 bits per heavy atom. The first-order chi connectivity index (χ1) is 9.65. The summed E-state index contributed by atoms with van der Waals surface area (Å²) in [6.07, 6.45) is 0.757. The predicted octanol–water partition coefficient (Wildman–Crippen LogP) is 4.53. The van der Waals surface area contributed by atoms with Gasteiger partial charge in [0.15, 0.2) is 11.5 Å². The standard InChI is InChI=1S/C17H19ClO2/c1-12-6-4-5-7-14(12)15(18)10-13-8-9-16(19-2)17(11-13)20-3/h4-9,11,15H,10H2,1-3H3. The van der Waals surface area contributed by atoms with E-state index in [9.17, 15) is 0 Å². The van der Waals surface area contributed by atoms with Crippen molar-refractivity contribution in [3.8, 4) is 11.5 Å². The third-order valence-corrected chi connectivity index (χ3v) is 3.78. The van der Waals surface area contributed by atoms with Crippen LogP contribution < -0.4 is 9.47 Å². The van der Waals surface area contributed by atoms with Crippen LogP contribution in [0.15, 0.2) is 42.5 Å². The van der Waals surface area contributed by atoms with E-state index in [1.165, 1.54) is 11.1 Å². The van der Waals surface area contributed by atoms with Gasteiger partial charge in [0.2, 0.25) is 0 Å². The maximum atomic E-state index is 6.54. The quantitative estimate of drug-likeness (QED) is 0.753. The van der Waals surface area contributed by atoms with Crippen LogP contribution in [0.4, 0.5) is 0 Å². The van der Waals surface area contributed by atoms with Gasteiger partial charge < -0.3 is 9.47 Å². The molecule has 0 fully saturated rings. The second-order valence-corrected chi connectivity index (χ2v) is 5.24. The molecule has 20 heavy (non-hydrogen) atoms. The summed E-state index contributed by atoms with van der Waals surface area (Å²) in [5.74, 6) is 1.47. The molecule has 106 valence electrons. The molecule has 3 heteroatoms. The van der Waals surface area contributed by atoms with Crippen molar-refractivity contribution in [1.82, 2.24) is 0 Å². The fraction of sp³-hybridized carbons (Fsp3) is 0.294. The molecule has 0 saturated carbocycles. The second-order valence-electron chi connectivity index (χ2n) is 4.72. The van der Waals surface area contributed by atoms with Crippen molar-refractivity contribution in [2.24, 2.45) is 0 Å². The van der Waals surface area contributed by atoms with Crippen molar-refractivity contribution in [1.29, 1.82) is 0 Å². The van der Waals surface area contributed by atoms with E-state index in [2.05, 4.69) is 19.1 Å². The van der Waals surface area contributed by atoms with Crippen LogP contribution in [0.25, 0.3) is 0 Å². The number of benzene rings is 2. The van der Waals surface area contributed by atoms with Crippen LogP contribution in [0.1, 0.15) is 22.1 Å². The molecule has 0 amide bonds. The van der Waals surface area contributed by atoms with E-state index < -0.39 is 0 Å². The molecular weight excluding hydrogens is 272 g/mol. The highest BCUT2D eigenvalue weighted by atomic mass is 35.5. The zero-order valence-electron chi connectivity index (χ0n) is 12.0. The SMILES string of the molecule is COc1ccc(CC(Cl)c2ccccc2C)cc1OC. The van der Waals surface area contributed by atoms with Gasteiger partial charge in [0.1, 0.15) is 0 Å². The van der Waals surface area contributed by atoms with Gasteiger partial charge in [-0.3, -0.25) is 0 Å². The summed E-state index contributed by atoms with van der Waals surface area (Å²) in [7, 11) is 3.27. The first kappa shape index (κ1) is 14.7. The van der Waals surface area contributed by atoms with E-state index in [0.717, 1.165) is 23.5 Å². The van der Waals surface area contributed by atoms with Gasteiger partial charge in [-0.25, -0.2) is 0 Å². The molecule has 0 aliphatic rings. The molecular formula is C17H19ClO2. The fourth-order valence-electron chi connectivity index (χ4n) is 2.26. The summed E-state index contributed by atoms with van der Waals surface area (Å²) in [5.41, 5.74) is 3.52. The van der Waals surface area contributed by atoms with Crippen LogP contribution in [0, 0.1) is 6.92 Å². The molecule has 0 aliphatic carbocycles. The molecule has 1 atom stereocenters. The Hall–Kier alpha value is -1.67. The minimum absolute atomic E-state index is 0.0469. The van der Waals surface area contributed by atoms with Gasteiger partial charge in [-0.1, -0.05) is 30.3 Å². The zero-order chi connectivity index (χ0) is 14.5. The van der Waals surface area contributed by atoms with Gasteiger partial charge in [-0.15, -0.1) is 11.6 Å². The van der Waals surface area contributed by atoms with Gasteiger partial charge in [0.05, 0.1) is 19.6 Å². The summed E-state index contributed by atoms with van der Waals surface area (Å²) < 4.78 is 10.6. The normalized spacial score (nSPS) is 12.0. The molecule has 0 spiro atoms. The maximum absolute atomic E-state index is 6.54. The van der Waals surface area contributed by atoms with Crippen molar-refractivity contribution in [3.63, 3.8) is 0 Å². The van der Waals surface area contributed by atoms with Crippen molar-refractivity contribution in [3.05, 3.63) is 59.2 Å². The Balaban J connectivity index is 2.20. The Kier molecular flexibility index (Phi) is 4.91. The van der Waals surface area contributed by atoms with E-state index in [1.54, 1.807) is 14.2 Å². The lowest BCUT2D eigenvalue weighted by atomic mass is 10.00. The Bertz CT molecular complexity index is 581. The van der Waals surface area contributed by atoms with Gasteiger partial charge >= 0.3 is 0 Å². The number of alkyl halides is 1. The molecule has 0 bridgehead atoms. The number of hydrogen-bond acceptors (Lipinski definition) is 2. The molecule has 0 aromatic heterocycles. The molecule has 2 aromatic rings. The van der Waals surface area contributed by atoms with Crippen LogP contribution in [-0.4, -0.2) is 14.2 Å². The van der Waals surface area contributed by atoms with Crippen molar-refractivity contribution < 1.29 is 9.47 Å². The second kappa shape index (κ2) is 6.67. The molecule has 0 heterocycles. The molecule has 0 N–H and O–H groups in total. The van der Waals surface area contributed by atoms with Crippen LogP contribution in [0.3, 0.4) is 0 Å². The van der Waals surface area contributed by atoms with Crippen LogP contribution in [0.2, 0.25) is 0 Å². The molecule has 2 rings (SSSR count). The third-order valence-electron chi connectivity index (χ3n) is 3.39. The van der Waals surface area contributed by atoms with Crippen LogP contribution in [-0.2, 0) is 6.42 Å². The van der Waals surface area contributed by atoms with Gasteiger partial charge in [-0.2, -0.15) is 0 Å². The van der Waals surface area contributed by atoms with Crippen LogP contribution in [0.5, 0.6) is 11.5 Å². The zero-order valence-corrected chi connectivity index (χ0v) is 12.8. The lowest BCUT2D eigenvalue weighted by Crippen LogP contribution is -1.99. The van der Waals surface area contributed by atoms with E-state index >= 15 is 0 Å². The van der Waals surface area contributed by atoms with Gasteiger partial charge in [0.25, 0.3) is 0 Å².